The Labute approximate surface area is 95.3 Å². The molecule has 0 radical (unpaired) electrons. The van der Waals surface area contributed by atoms with E-state index >= 15 is 0 Å². The average Bonchev–Trinajstić information content (AvgIpc) is 2.65. The van der Waals surface area contributed by atoms with E-state index in [1.54, 1.807) is 0 Å². The van der Waals surface area contributed by atoms with Crippen LogP contribution in [-0.2, 0) is 19.1 Å². The third-order valence-corrected chi connectivity index (χ3v) is 4.16. The summed E-state index contributed by atoms with van der Waals surface area (Å²) in [5.41, 5.74) is 0. The summed E-state index contributed by atoms with van der Waals surface area (Å²) in [6.45, 7) is 0. The molecule has 4 nitrogen and oxygen atoms in total. The molecular weight excluding hydrogens is 208 g/mol. The molecule has 2 aliphatic rings. The van der Waals surface area contributed by atoms with Crippen molar-refractivity contribution in [2.75, 3.05) is 14.2 Å². The summed E-state index contributed by atoms with van der Waals surface area (Å²) in [6, 6.07) is 0. The third kappa shape index (κ3) is 1.81. The van der Waals surface area contributed by atoms with Crippen molar-refractivity contribution >= 4 is 11.9 Å². The molecule has 4 heteroatoms. The Morgan fingerprint density at radius 2 is 1.50 bits per heavy atom. The van der Waals surface area contributed by atoms with Gasteiger partial charge in [0.25, 0.3) is 0 Å². The van der Waals surface area contributed by atoms with Gasteiger partial charge in [-0.25, -0.2) is 0 Å². The molecule has 0 aromatic rings. The van der Waals surface area contributed by atoms with Crippen LogP contribution in [0, 0.1) is 23.7 Å². The predicted molar refractivity (Wildman–Crippen MR) is 56.5 cm³/mol. The van der Waals surface area contributed by atoms with E-state index in [1.807, 2.05) is 0 Å². The average molecular weight is 226 g/mol. The van der Waals surface area contributed by atoms with Crippen LogP contribution in [0.2, 0.25) is 0 Å². The lowest BCUT2D eigenvalue weighted by Crippen LogP contribution is -2.27. The molecule has 0 aromatic heterocycles. The fraction of sp³-hybridized carbons (Fsp3) is 0.833. The van der Waals surface area contributed by atoms with Crippen LogP contribution in [0.15, 0.2) is 0 Å². The fourth-order valence-corrected chi connectivity index (χ4v) is 3.35. The predicted octanol–water partition coefficient (Wildman–Crippen LogP) is 1.38. The molecule has 2 bridgehead atoms. The third-order valence-electron chi connectivity index (χ3n) is 4.16. The lowest BCUT2D eigenvalue weighted by Gasteiger charge is -2.26. The molecule has 90 valence electrons. The number of rotatable bonds is 2. The summed E-state index contributed by atoms with van der Waals surface area (Å²) in [4.78, 5) is 23.1. The van der Waals surface area contributed by atoms with Gasteiger partial charge in [-0.2, -0.15) is 0 Å². The highest BCUT2D eigenvalue weighted by molar-refractivity contribution is 5.75. The Kier molecular flexibility index (Phi) is 3.17. The maximum absolute atomic E-state index is 11.6. The van der Waals surface area contributed by atoms with Crippen LogP contribution in [0.4, 0.5) is 0 Å². The van der Waals surface area contributed by atoms with Gasteiger partial charge in [0.15, 0.2) is 0 Å². The van der Waals surface area contributed by atoms with E-state index in [0.717, 1.165) is 25.7 Å². The number of fused-ring (bicyclic) bond motifs is 2. The van der Waals surface area contributed by atoms with Crippen LogP contribution in [0.1, 0.15) is 25.7 Å². The van der Waals surface area contributed by atoms with Gasteiger partial charge < -0.3 is 9.47 Å². The number of methoxy groups -OCH3 is 2. The number of esters is 2. The molecule has 2 aliphatic carbocycles. The normalized spacial score (nSPS) is 36.9. The van der Waals surface area contributed by atoms with Crippen molar-refractivity contribution in [1.82, 2.24) is 0 Å². The van der Waals surface area contributed by atoms with Crippen LogP contribution >= 0.6 is 0 Å². The largest absolute Gasteiger partial charge is 0.469 e. The van der Waals surface area contributed by atoms with Crippen LogP contribution in [0.5, 0.6) is 0 Å². The van der Waals surface area contributed by atoms with E-state index in [4.69, 9.17) is 9.47 Å². The SMILES string of the molecule is COC(=O)[C@H]1CC[C@@H]2C[C@H]1C[C@@H]2C(=O)OC. The van der Waals surface area contributed by atoms with Crippen molar-refractivity contribution in [2.45, 2.75) is 25.7 Å². The number of carbonyl (C=O) groups is 2. The molecule has 0 spiro atoms. The monoisotopic (exact) mass is 226 g/mol. The van der Waals surface area contributed by atoms with Crippen molar-refractivity contribution in [3.05, 3.63) is 0 Å². The van der Waals surface area contributed by atoms with Gasteiger partial charge in [0.05, 0.1) is 26.1 Å². The van der Waals surface area contributed by atoms with E-state index in [9.17, 15) is 9.59 Å². The summed E-state index contributed by atoms with van der Waals surface area (Å²) in [5.74, 6) is 0.501. The van der Waals surface area contributed by atoms with Crippen molar-refractivity contribution in [1.29, 1.82) is 0 Å². The minimum atomic E-state index is -0.117. The summed E-state index contributed by atoms with van der Waals surface area (Å²) >= 11 is 0. The maximum Gasteiger partial charge on any atom is 0.308 e. The molecule has 0 unspecified atom stereocenters. The van der Waals surface area contributed by atoms with E-state index in [-0.39, 0.29) is 23.8 Å². The van der Waals surface area contributed by atoms with E-state index in [2.05, 4.69) is 0 Å². The number of hydrogen-bond acceptors (Lipinski definition) is 4. The molecule has 0 saturated heterocycles. The Morgan fingerprint density at radius 3 is 2.12 bits per heavy atom. The highest BCUT2D eigenvalue weighted by Gasteiger charge is 2.47. The lowest BCUT2D eigenvalue weighted by molar-refractivity contribution is -0.148. The quantitative estimate of drug-likeness (QED) is 0.667. The first-order chi connectivity index (χ1) is 7.67. The van der Waals surface area contributed by atoms with Gasteiger partial charge in [0.1, 0.15) is 0 Å². The second kappa shape index (κ2) is 4.44. The van der Waals surface area contributed by atoms with E-state index in [0.29, 0.717) is 11.8 Å². The van der Waals surface area contributed by atoms with Gasteiger partial charge >= 0.3 is 11.9 Å². The standard InChI is InChI=1S/C12H18O4/c1-15-11(13)9-4-3-7-5-8(9)6-10(7)12(14)16-2/h7-10H,3-6H2,1-2H3/t7-,8+,9+,10+/m1/s1. The summed E-state index contributed by atoms with van der Waals surface area (Å²) in [6.07, 6.45) is 3.56. The first kappa shape index (κ1) is 11.4. The first-order valence-corrected chi connectivity index (χ1v) is 5.83. The second-order valence-electron chi connectivity index (χ2n) is 4.83. The molecule has 4 atom stereocenters. The summed E-state index contributed by atoms with van der Waals surface area (Å²) < 4.78 is 9.62. The Morgan fingerprint density at radius 1 is 0.875 bits per heavy atom. The molecule has 0 N–H and O–H groups in total. The molecule has 0 aliphatic heterocycles. The van der Waals surface area contributed by atoms with E-state index < -0.39 is 0 Å². The Bertz CT molecular complexity index is 285. The van der Waals surface area contributed by atoms with Gasteiger partial charge in [0.2, 0.25) is 0 Å². The maximum atomic E-state index is 11.6. The zero-order valence-corrected chi connectivity index (χ0v) is 9.77. The molecule has 0 amide bonds. The molecule has 2 fully saturated rings. The van der Waals surface area contributed by atoms with Crippen LogP contribution < -0.4 is 0 Å². The van der Waals surface area contributed by atoms with Crippen LogP contribution in [0.25, 0.3) is 0 Å². The van der Waals surface area contributed by atoms with Crippen molar-refractivity contribution in [3.8, 4) is 0 Å². The van der Waals surface area contributed by atoms with Gasteiger partial charge in [-0.3, -0.25) is 9.59 Å². The highest BCUT2D eigenvalue weighted by Crippen LogP contribution is 2.49. The minimum absolute atomic E-state index is 0.00379. The van der Waals surface area contributed by atoms with Gasteiger partial charge in [-0.05, 0) is 37.5 Å². The van der Waals surface area contributed by atoms with Crippen molar-refractivity contribution in [3.63, 3.8) is 0 Å². The number of carbonyl (C=O) groups excluding carboxylic acids is 2. The molecule has 16 heavy (non-hydrogen) atoms. The van der Waals surface area contributed by atoms with Gasteiger partial charge in [-0.1, -0.05) is 0 Å². The topological polar surface area (TPSA) is 52.6 Å². The second-order valence-corrected chi connectivity index (χ2v) is 4.83. The zero-order chi connectivity index (χ0) is 11.7. The molecular formula is C12H18O4. The van der Waals surface area contributed by atoms with Crippen LogP contribution in [-0.4, -0.2) is 26.2 Å². The van der Waals surface area contributed by atoms with Gasteiger partial charge in [0, 0.05) is 0 Å². The highest BCUT2D eigenvalue weighted by atomic mass is 16.5. The first-order valence-electron chi connectivity index (χ1n) is 5.83. The Balaban J connectivity index is 2.05. The van der Waals surface area contributed by atoms with Crippen molar-refractivity contribution < 1.29 is 19.1 Å². The molecule has 0 heterocycles. The molecule has 2 saturated carbocycles. The van der Waals surface area contributed by atoms with E-state index in [1.165, 1.54) is 14.2 Å². The number of hydrogen-bond donors (Lipinski definition) is 0. The Hall–Kier alpha value is -1.06. The molecule has 2 rings (SSSR count). The zero-order valence-electron chi connectivity index (χ0n) is 9.77. The lowest BCUT2D eigenvalue weighted by atomic mass is 9.79. The molecule has 0 aromatic carbocycles. The van der Waals surface area contributed by atoms with Crippen molar-refractivity contribution in [2.24, 2.45) is 23.7 Å². The fourth-order valence-electron chi connectivity index (χ4n) is 3.35. The summed E-state index contributed by atoms with van der Waals surface area (Å²) in [7, 11) is 2.86. The minimum Gasteiger partial charge on any atom is -0.469 e. The number of ether oxygens (including phenoxy) is 2. The van der Waals surface area contributed by atoms with Crippen LogP contribution in [0.3, 0.4) is 0 Å². The smallest absolute Gasteiger partial charge is 0.308 e. The summed E-state index contributed by atoms with van der Waals surface area (Å²) in [5, 5.41) is 0. The van der Waals surface area contributed by atoms with Gasteiger partial charge in [-0.15, -0.1) is 0 Å².